The summed E-state index contributed by atoms with van der Waals surface area (Å²) in [7, 11) is 0. The predicted octanol–water partition coefficient (Wildman–Crippen LogP) is 5.24. The summed E-state index contributed by atoms with van der Waals surface area (Å²) >= 11 is 1.43. The minimum atomic E-state index is -6.57. The van der Waals surface area contributed by atoms with Crippen LogP contribution in [0.25, 0.3) is 0 Å². The van der Waals surface area contributed by atoms with E-state index in [1.54, 1.807) is 0 Å². The first-order valence-corrected chi connectivity index (χ1v) is 10.3. The van der Waals surface area contributed by atoms with Crippen LogP contribution in [-0.4, -0.2) is 62.1 Å². The van der Waals surface area contributed by atoms with E-state index in [2.05, 4.69) is 4.74 Å². The summed E-state index contributed by atoms with van der Waals surface area (Å²) < 4.78 is 163. The van der Waals surface area contributed by atoms with Crippen LogP contribution in [0.5, 0.6) is 0 Å². The van der Waals surface area contributed by atoms with E-state index >= 15 is 0 Å². The smallest absolute Gasteiger partial charge is 0.426 e. The number of hydrogen-bond donors (Lipinski definition) is 2. The molecule has 33 heavy (non-hydrogen) atoms. The lowest BCUT2D eigenvalue weighted by Crippen LogP contribution is -2.67. The van der Waals surface area contributed by atoms with E-state index in [9.17, 15) is 67.7 Å². The zero-order chi connectivity index (χ0) is 26.4. The van der Waals surface area contributed by atoms with E-state index in [0.29, 0.717) is 0 Å². The molecular weight excluding hydrogens is 611 g/mol. The van der Waals surface area contributed by atoms with Gasteiger partial charge in [-0.2, -0.15) is 52.7 Å². The minimum Gasteiger partial charge on any atom is -0.462 e. The zero-order valence-corrected chi connectivity index (χ0v) is 18.4. The van der Waals surface area contributed by atoms with Crippen molar-refractivity contribution in [3.8, 4) is 0 Å². The molecule has 0 aromatic heterocycles. The maximum absolute atomic E-state index is 13.3. The summed E-state index contributed by atoms with van der Waals surface area (Å²) in [6, 6.07) is 0. The van der Waals surface area contributed by atoms with Gasteiger partial charge in [0.15, 0.2) is 0 Å². The van der Waals surface area contributed by atoms with Gasteiger partial charge >= 0.3 is 30.7 Å². The van der Waals surface area contributed by atoms with Gasteiger partial charge in [-0.1, -0.05) is 29.5 Å². The molecule has 1 rings (SSSR count). The van der Waals surface area contributed by atoms with Gasteiger partial charge in [0.2, 0.25) is 0 Å². The van der Waals surface area contributed by atoms with Gasteiger partial charge in [0.1, 0.15) is 10.0 Å². The number of aliphatic hydroxyl groups is 2. The molecule has 1 fully saturated rings. The monoisotopic (exact) mass is 628 g/mol. The van der Waals surface area contributed by atoms with Gasteiger partial charge in [0.05, 0.1) is 0 Å². The minimum absolute atomic E-state index is 0.00303. The number of ether oxygens (including phenoxy) is 1. The van der Waals surface area contributed by atoms with Crippen LogP contribution in [0, 0.1) is 11.8 Å². The zero-order valence-electron chi connectivity index (χ0n) is 16.3. The van der Waals surface area contributed by atoms with Crippen molar-refractivity contribution in [2.24, 2.45) is 11.8 Å². The molecule has 1 saturated carbocycles. The topological polar surface area (TPSA) is 66.8 Å². The maximum Gasteiger partial charge on any atom is 0.426 e. The van der Waals surface area contributed by atoms with E-state index in [-0.39, 0.29) is 6.42 Å². The first-order valence-electron chi connectivity index (χ1n) is 9.01. The van der Waals surface area contributed by atoms with Gasteiger partial charge in [-0.15, -0.1) is 0 Å². The lowest BCUT2D eigenvalue weighted by atomic mass is 9.65. The summed E-state index contributed by atoms with van der Waals surface area (Å²) in [4.78, 5) is 11.9. The van der Waals surface area contributed by atoms with E-state index in [1.807, 2.05) is 0 Å². The van der Waals surface area contributed by atoms with E-state index < -0.39 is 83.0 Å². The second-order valence-corrected chi connectivity index (χ2v) is 9.06. The molecule has 2 N–H and O–H groups in total. The SMILES string of the molecule is CCC(I)C(=O)OC1CC(C(O)(C(F)(F)F)C(F)(F)F)CC(C(O)(C(F)(F)F)C(F)(F)F)C1. The fraction of sp³-hybridized carbons (Fsp3) is 0.938. The Hall–Kier alpha value is -0.720. The summed E-state index contributed by atoms with van der Waals surface area (Å²) in [5.74, 6) is -8.04. The molecule has 3 atom stereocenters. The highest BCUT2D eigenvalue weighted by atomic mass is 127. The van der Waals surface area contributed by atoms with Crippen molar-refractivity contribution in [2.75, 3.05) is 0 Å². The van der Waals surface area contributed by atoms with Crippen molar-refractivity contribution >= 4 is 28.6 Å². The molecule has 17 heteroatoms. The van der Waals surface area contributed by atoms with Gasteiger partial charge in [-0.3, -0.25) is 4.79 Å². The molecule has 4 nitrogen and oxygen atoms in total. The van der Waals surface area contributed by atoms with E-state index in [0.717, 1.165) is 0 Å². The summed E-state index contributed by atoms with van der Waals surface area (Å²) in [6.07, 6.45) is -33.9. The fourth-order valence-electron chi connectivity index (χ4n) is 3.70. The van der Waals surface area contributed by atoms with Crippen LogP contribution in [0.4, 0.5) is 52.7 Å². The normalized spacial score (nSPS) is 25.0. The molecule has 0 heterocycles. The Labute approximate surface area is 191 Å². The highest BCUT2D eigenvalue weighted by Crippen LogP contribution is 2.57. The third-order valence-corrected chi connectivity index (χ3v) is 6.86. The molecule has 0 aromatic carbocycles. The molecule has 0 spiro atoms. The molecule has 1 aliphatic rings. The molecule has 0 radical (unpaired) electrons. The van der Waals surface area contributed by atoms with Crippen LogP contribution in [0.15, 0.2) is 0 Å². The van der Waals surface area contributed by atoms with Crippen LogP contribution in [-0.2, 0) is 9.53 Å². The summed E-state index contributed by atoms with van der Waals surface area (Å²) in [5, 5.41) is 19.1. The number of halogens is 13. The Bertz CT molecular complexity index is 626. The van der Waals surface area contributed by atoms with Crippen LogP contribution < -0.4 is 0 Å². The summed E-state index contributed by atoms with van der Waals surface area (Å²) in [6.45, 7) is 1.39. The molecule has 0 bridgehead atoms. The van der Waals surface area contributed by atoms with E-state index in [1.165, 1.54) is 29.5 Å². The Morgan fingerprint density at radius 2 is 1.09 bits per heavy atom. The van der Waals surface area contributed by atoms with Crippen LogP contribution in [0.3, 0.4) is 0 Å². The Balaban J connectivity index is 3.65. The molecule has 0 saturated heterocycles. The highest BCUT2D eigenvalue weighted by Gasteiger charge is 2.78. The van der Waals surface area contributed by atoms with Crippen LogP contribution >= 0.6 is 22.6 Å². The lowest BCUT2D eigenvalue weighted by molar-refractivity contribution is -0.405. The van der Waals surface area contributed by atoms with Crippen molar-refractivity contribution in [1.29, 1.82) is 0 Å². The second-order valence-electron chi connectivity index (χ2n) is 7.56. The lowest BCUT2D eigenvalue weighted by Gasteiger charge is -2.48. The van der Waals surface area contributed by atoms with Crippen molar-refractivity contribution < 1.29 is 72.4 Å². The summed E-state index contributed by atoms with van der Waals surface area (Å²) in [5.41, 5.74) is -11.5. The fourth-order valence-corrected chi connectivity index (χ4v) is 3.84. The van der Waals surface area contributed by atoms with Crippen LogP contribution in [0.1, 0.15) is 32.6 Å². The third-order valence-electron chi connectivity index (χ3n) is 5.47. The van der Waals surface area contributed by atoms with Crippen molar-refractivity contribution in [2.45, 2.75) is 78.5 Å². The Morgan fingerprint density at radius 3 is 1.33 bits per heavy atom. The number of carbonyl (C=O) groups is 1. The molecule has 0 aromatic rings. The number of rotatable bonds is 5. The Morgan fingerprint density at radius 1 is 0.788 bits per heavy atom. The maximum atomic E-state index is 13.3. The number of hydrogen-bond acceptors (Lipinski definition) is 4. The third kappa shape index (κ3) is 5.59. The van der Waals surface area contributed by atoms with Crippen molar-refractivity contribution in [1.82, 2.24) is 0 Å². The quantitative estimate of drug-likeness (QED) is 0.189. The Kier molecular flexibility index (Phi) is 8.62. The van der Waals surface area contributed by atoms with Crippen molar-refractivity contribution in [3.63, 3.8) is 0 Å². The van der Waals surface area contributed by atoms with Gasteiger partial charge in [0.25, 0.3) is 11.2 Å². The number of esters is 1. The van der Waals surface area contributed by atoms with Gasteiger partial charge < -0.3 is 14.9 Å². The van der Waals surface area contributed by atoms with E-state index in [4.69, 9.17) is 0 Å². The predicted molar refractivity (Wildman–Crippen MR) is 92.9 cm³/mol. The molecule has 0 aliphatic heterocycles. The second kappa shape index (κ2) is 9.39. The molecule has 196 valence electrons. The number of alkyl halides is 13. The highest BCUT2D eigenvalue weighted by molar-refractivity contribution is 14.1. The molecule has 1 aliphatic carbocycles. The van der Waals surface area contributed by atoms with Crippen molar-refractivity contribution in [3.05, 3.63) is 0 Å². The molecule has 3 unspecified atom stereocenters. The van der Waals surface area contributed by atoms with Crippen LogP contribution in [0.2, 0.25) is 0 Å². The standard InChI is InChI=1S/C16H17F12IO4/c1-2-9(29)10(30)33-8-4-6(11(31,13(17,18)19)14(20,21)22)3-7(5-8)12(32,15(23,24)25)16(26,27)28/h6-9,31-32H,2-5H2,1H3. The molecule has 0 amide bonds. The van der Waals surface area contributed by atoms with Gasteiger partial charge in [-0.25, -0.2) is 0 Å². The first-order chi connectivity index (χ1) is 14.4. The van der Waals surface area contributed by atoms with Gasteiger partial charge in [0, 0.05) is 11.8 Å². The van der Waals surface area contributed by atoms with Gasteiger partial charge in [-0.05, 0) is 25.7 Å². The largest absolute Gasteiger partial charge is 0.462 e. The average Bonchev–Trinajstić information content (AvgIpc) is 2.61. The first kappa shape index (κ1) is 30.3. The average molecular weight is 628 g/mol. The molecular formula is C16H17F12IO4. The number of carbonyl (C=O) groups excluding carboxylic acids is 1.